The number of hydrogen-bond donors (Lipinski definition) is 2. The van der Waals surface area contributed by atoms with Crippen molar-refractivity contribution >= 4 is 23.6 Å². The Balaban J connectivity index is 2.18. The second-order valence-corrected chi connectivity index (χ2v) is 5.26. The van der Waals surface area contributed by atoms with E-state index in [0.717, 1.165) is 18.6 Å². The van der Waals surface area contributed by atoms with Gasteiger partial charge < -0.3 is 10.4 Å². The topological polar surface area (TPSA) is 66.4 Å². The number of carbonyl (C=O) groups is 2. The molecule has 0 bridgehead atoms. The summed E-state index contributed by atoms with van der Waals surface area (Å²) in [6, 6.07) is 0. The van der Waals surface area contributed by atoms with E-state index < -0.39 is 5.97 Å². The maximum absolute atomic E-state index is 11.6. The van der Waals surface area contributed by atoms with Crippen LogP contribution in [0, 0.1) is 5.92 Å². The average molecular weight is 231 g/mol. The summed E-state index contributed by atoms with van der Waals surface area (Å²) in [6.07, 6.45) is 2.16. The van der Waals surface area contributed by atoms with Crippen molar-refractivity contribution in [3.8, 4) is 0 Å². The molecule has 1 heterocycles. The quantitative estimate of drug-likeness (QED) is 0.744. The maximum atomic E-state index is 11.6. The van der Waals surface area contributed by atoms with Gasteiger partial charge in [0.1, 0.15) is 0 Å². The number of carbonyl (C=O) groups excluding carboxylic acids is 1. The molecule has 1 rings (SSSR count). The van der Waals surface area contributed by atoms with Crippen LogP contribution in [0.1, 0.15) is 26.2 Å². The number of aliphatic carboxylic acids is 1. The zero-order valence-corrected chi connectivity index (χ0v) is 9.68. The van der Waals surface area contributed by atoms with E-state index in [2.05, 4.69) is 5.32 Å². The number of thioether (sulfide) groups is 1. The predicted molar refractivity (Wildman–Crippen MR) is 59.9 cm³/mol. The molecule has 4 nitrogen and oxygen atoms in total. The molecule has 86 valence electrons. The Kier molecular flexibility index (Phi) is 4.94. The Morgan fingerprint density at radius 1 is 1.60 bits per heavy atom. The molecule has 1 amide bonds. The van der Waals surface area contributed by atoms with Crippen LogP contribution in [-0.4, -0.2) is 34.5 Å². The van der Waals surface area contributed by atoms with Gasteiger partial charge in [0.2, 0.25) is 5.91 Å². The van der Waals surface area contributed by atoms with Gasteiger partial charge in [-0.2, -0.15) is 0 Å². The number of hydrogen-bond acceptors (Lipinski definition) is 3. The van der Waals surface area contributed by atoms with Crippen molar-refractivity contribution in [1.82, 2.24) is 5.32 Å². The summed E-state index contributed by atoms with van der Waals surface area (Å²) in [6.45, 7) is 2.29. The number of carboxylic acid groups (broad SMARTS) is 1. The van der Waals surface area contributed by atoms with Crippen LogP contribution >= 0.6 is 11.8 Å². The highest BCUT2D eigenvalue weighted by atomic mass is 32.2. The summed E-state index contributed by atoms with van der Waals surface area (Å²) in [7, 11) is 0. The second-order valence-electron chi connectivity index (χ2n) is 3.95. The van der Waals surface area contributed by atoms with Crippen LogP contribution in [0.25, 0.3) is 0 Å². The van der Waals surface area contributed by atoms with Crippen molar-refractivity contribution in [1.29, 1.82) is 0 Å². The number of carboxylic acids is 1. The number of rotatable bonds is 5. The van der Waals surface area contributed by atoms with Gasteiger partial charge in [0.25, 0.3) is 0 Å². The first-order valence-corrected chi connectivity index (χ1v) is 6.25. The molecule has 0 saturated carbocycles. The van der Waals surface area contributed by atoms with Crippen LogP contribution in [0.15, 0.2) is 0 Å². The third kappa shape index (κ3) is 4.55. The number of amides is 1. The first-order valence-electron chi connectivity index (χ1n) is 5.20. The average Bonchev–Trinajstić information content (AvgIpc) is 2.65. The second kappa shape index (κ2) is 6.00. The van der Waals surface area contributed by atoms with Crippen molar-refractivity contribution in [3.63, 3.8) is 0 Å². The zero-order valence-electron chi connectivity index (χ0n) is 8.86. The molecule has 0 aliphatic carbocycles. The van der Waals surface area contributed by atoms with Gasteiger partial charge >= 0.3 is 5.97 Å². The Hall–Kier alpha value is -0.710. The maximum Gasteiger partial charge on any atom is 0.303 e. The van der Waals surface area contributed by atoms with Crippen LogP contribution < -0.4 is 5.32 Å². The smallest absolute Gasteiger partial charge is 0.303 e. The van der Waals surface area contributed by atoms with E-state index in [9.17, 15) is 9.59 Å². The number of nitrogens with one attached hydrogen (secondary N) is 1. The molecule has 2 unspecified atom stereocenters. The zero-order chi connectivity index (χ0) is 11.3. The highest BCUT2D eigenvalue weighted by Crippen LogP contribution is 2.25. The largest absolute Gasteiger partial charge is 0.481 e. The monoisotopic (exact) mass is 231 g/mol. The molecule has 1 aliphatic heterocycles. The lowest BCUT2D eigenvalue weighted by Crippen LogP contribution is -2.34. The summed E-state index contributed by atoms with van der Waals surface area (Å²) in [5.74, 6) is 0.308. The summed E-state index contributed by atoms with van der Waals surface area (Å²) in [4.78, 5) is 21.9. The van der Waals surface area contributed by atoms with Crippen molar-refractivity contribution < 1.29 is 14.7 Å². The minimum atomic E-state index is -0.813. The van der Waals surface area contributed by atoms with Gasteiger partial charge in [0.05, 0.1) is 5.25 Å². The lowest BCUT2D eigenvalue weighted by molar-refractivity contribution is -0.138. The lowest BCUT2D eigenvalue weighted by atomic mass is 10.1. The SMILES string of the molecule is CC(CNC(=O)C1CCCS1)CC(=O)O. The van der Waals surface area contributed by atoms with Gasteiger partial charge in [-0.3, -0.25) is 9.59 Å². The molecule has 0 spiro atoms. The Bertz CT molecular complexity index is 239. The molecule has 0 aromatic heterocycles. The first kappa shape index (κ1) is 12.4. The molecule has 0 aromatic carbocycles. The molecule has 0 radical (unpaired) electrons. The van der Waals surface area contributed by atoms with Gasteiger partial charge in [-0.15, -0.1) is 11.8 Å². The normalized spacial score (nSPS) is 22.3. The van der Waals surface area contributed by atoms with Gasteiger partial charge in [-0.25, -0.2) is 0 Å². The van der Waals surface area contributed by atoms with E-state index in [0.29, 0.717) is 6.54 Å². The van der Waals surface area contributed by atoms with Crippen molar-refractivity contribution in [3.05, 3.63) is 0 Å². The summed E-state index contributed by atoms with van der Waals surface area (Å²) < 4.78 is 0. The van der Waals surface area contributed by atoms with Crippen LogP contribution in [0.2, 0.25) is 0 Å². The van der Waals surface area contributed by atoms with Crippen LogP contribution in [0.4, 0.5) is 0 Å². The lowest BCUT2D eigenvalue weighted by Gasteiger charge is -2.13. The van der Waals surface area contributed by atoms with Gasteiger partial charge in [-0.1, -0.05) is 6.92 Å². The summed E-state index contributed by atoms with van der Waals surface area (Å²) >= 11 is 1.69. The molecule has 2 atom stereocenters. The molecule has 5 heteroatoms. The van der Waals surface area contributed by atoms with E-state index in [4.69, 9.17) is 5.11 Å². The van der Waals surface area contributed by atoms with Gasteiger partial charge in [-0.05, 0) is 24.5 Å². The molecule has 15 heavy (non-hydrogen) atoms. The first-order chi connectivity index (χ1) is 7.09. The van der Waals surface area contributed by atoms with Gasteiger partial charge in [0.15, 0.2) is 0 Å². The third-order valence-corrected chi connectivity index (χ3v) is 3.75. The summed E-state index contributed by atoms with van der Waals surface area (Å²) in [5, 5.41) is 11.4. The fraction of sp³-hybridized carbons (Fsp3) is 0.800. The fourth-order valence-corrected chi connectivity index (χ4v) is 2.73. The molecule has 1 fully saturated rings. The predicted octanol–water partition coefficient (Wildman–Crippen LogP) is 1.11. The van der Waals surface area contributed by atoms with E-state index in [1.807, 2.05) is 6.92 Å². The minimum Gasteiger partial charge on any atom is -0.481 e. The highest BCUT2D eigenvalue weighted by Gasteiger charge is 2.23. The third-order valence-electron chi connectivity index (χ3n) is 2.37. The van der Waals surface area contributed by atoms with Crippen molar-refractivity contribution in [2.24, 2.45) is 5.92 Å². The highest BCUT2D eigenvalue weighted by molar-refractivity contribution is 8.00. The fourth-order valence-electron chi connectivity index (χ4n) is 1.54. The Morgan fingerprint density at radius 2 is 2.33 bits per heavy atom. The molecule has 2 N–H and O–H groups in total. The van der Waals surface area contributed by atoms with Crippen LogP contribution in [-0.2, 0) is 9.59 Å². The molecule has 1 aliphatic rings. The van der Waals surface area contributed by atoms with Crippen molar-refractivity contribution in [2.45, 2.75) is 31.4 Å². The molecule has 1 saturated heterocycles. The van der Waals surface area contributed by atoms with Gasteiger partial charge in [0, 0.05) is 13.0 Å². The Labute approximate surface area is 93.8 Å². The minimum absolute atomic E-state index is 0.00199. The standard InChI is InChI=1S/C10H17NO3S/c1-7(5-9(12)13)6-11-10(14)8-3-2-4-15-8/h7-8H,2-6H2,1H3,(H,11,14)(H,12,13). The van der Waals surface area contributed by atoms with E-state index in [-0.39, 0.29) is 23.5 Å². The van der Waals surface area contributed by atoms with Crippen LogP contribution in [0.5, 0.6) is 0 Å². The summed E-state index contributed by atoms with van der Waals surface area (Å²) in [5.41, 5.74) is 0. The Morgan fingerprint density at radius 3 is 2.87 bits per heavy atom. The van der Waals surface area contributed by atoms with E-state index in [1.165, 1.54) is 0 Å². The van der Waals surface area contributed by atoms with E-state index >= 15 is 0 Å². The van der Waals surface area contributed by atoms with Crippen molar-refractivity contribution in [2.75, 3.05) is 12.3 Å². The molecular weight excluding hydrogens is 214 g/mol. The molecule has 0 aromatic rings. The van der Waals surface area contributed by atoms with E-state index in [1.54, 1.807) is 11.8 Å². The van der Waals surface area contributed by atoms with Crippen LogP contribution in [0.3, 0.4) is 0 Å². The molecular formula is C10H17NO3S.